The predicted octanol–water partition coefficient (Wildman–Crippen LogP) is 3.55. The number of benzene rings is 2. The van der Waals surface area contributed by atoms with Gasteiger partial charge in [-0.3, -0.25) is 19.7 Å². The number of hydrogen-bond donors (Lipinski definition) is 3. The van der Waals surface area contributed by atoms with E-state index in [1.165, 1.54) is 0 Å². The summed E-state index contributed by atoms with van der Waals surface area (Å²) in [6.07, 6.45) is 6.86. The van der Waals surface area contributed by atoms with Crippen molar-refractivity contribution < 1.29 is 14.4 Å². The van der Waals surface area contributed by atoms with Crippen molar-refractivity contribution in [3.63, 3.8) is 0 Å². The van der Waals surface area contributed by atoms with Gasteiger partial charge in [0.05, 0.1) is 18.0 Å². The molecule has 4 heterocycles. The molecular weight excluding hydrogens is 518 g/mol. The number of likely N-dealkylation sites (tertiary alicyclic amines) is 1. The fourth-order valence-corrected chi connectivity index (χ4v) is 5.44. The Morgan fingerprint density at radius 1 is 0.878 bits per heavy atom. The number of amides is 3. The van der Waals surface area contributed by atoms with Gasteiger partial charge < -0.3 is 15.5 Å². The van der Waals surface area contributed by atoms with Crippen LogP contribution in [0.5, 0.6) is 0 Å². The molecule has 0 radical (unpaired) electrons. The van der Waals surface area contributed by atoms with Crippen molar-refractivity contribution in [1.82, 2.24) is 25.2 Å². The fraction of sp³-hybridized carbons (Fsp3) is 0.290. The van der Waals surface area contributed by atoms with Crippen LogP contribution in [0, 0.1) is 0 Å². The second kappa shape index (κ2) is 11.8. The Morgan fingerprint density at radius 2 is 1.71 bits per heavy atom. The van der Waals surface area contributed by atoms with Crippen LogP contribution in [0.3, 0.4) is 0 Å². The summed E-state index contributed by atoms with van der Waals surface area (Å²) in [6.45, 7) is 1.42. The lowest BCUT2D eigenvalue weighted by atomic mass is 10.1. The Labute approximate surface area is 237 Å². The van der Waals surface area contributed by atoms with Gasteiger partial charge in [-0.25, -0.2) is 15.0 Å². The highest BCUT2D eigenvalue weighted by molar-refractivity contribution is 5.98. The van der Waals surface area contributed by atoms with Crippen molar-refractivity contribution in [2.75, 3.05) is 23.7 Å². The van der Waals surface area contributed by atoms with E-state index in [0.29, 0.717) is 18.8 Å². The number of carbonyl (C=O) groups is 3. The molecule has 208 valence electrons. The number of nitrogens with zero attached hydrogens (tertiary/aromatic N) is 4. The van der Waals surface area contributed by atoms with Crippen LogP contribution in [-0.4, -0.2) is 62.7 Å². The number of carbonyl (C=O) groups excluding carboxylic acids is 3. The summed E-state index contributed by atoms with van der Waals surface area (Å²) in [5.41, 5.74) is 3.38. The van der Waals surface area contributed by atoms with Gasteiger partial charge in [0, 0.05) is 29.9 Å². The van der Waals surface area contributed by atoms with Crippen molar-refractivity contribution >= 4 is 40.4 Å². The molecule has 0 bridgehead atoms. The number of fused-ring (bicyclic) bond motifs is 1. The summed E-state index contributed by atoms with van der Waals surface area (Å²) in [4.78, 5) is 53.3. The molecule has 2 saturated heterocycles. The molecule has 4 aromatic rings. The lowest BCUT2D eigenvalue weighted by Crippen LogP contribution is -2.43. The van der Waals surface area contributed by atoms with E-state index in [4.69, 9.17) is 0 Å². The van der Waals surface area contributed by atoms with E-state index in [2.05, 4.69) is 30.9 Å². The summed E-state index contributed by atoms with van der Waals surface area (Å²) >= 11 is 0. The molecule has 10 heteroatoms. The third-order valence-corrected chi connectivity index (χ3v) is 7.61. The first-order chi connectivity index (χ1) is 20.0. The molecule has 2 aliphatic heterocycles. The normalized spacial score (nSPS) is 18.4. The van der Waals surface area contributed by atoms with Gasteiger partial charge in [0.2, 0.25) is 23.7 Å². The minimum atomic E-state index is -0.506. The monoisotopic (exact) mass is 549 g/mol. The Hall–Kier alpha value is -4.70. The van der Waals surface area contributed by atoms with Gasteiger partial charge >= 0.3 is 0 Å². The Morgan fingerprint density at radius 3 is 2.49 bits per heavy atom. The molecule has 2 fully saturated rings. The van der Waals surface area contributed by atoms with Gasteiger partial charge in [-0.15, -0.1) is 0 Å². The highest BCUT2D eigenvalue weighted by Gasteiger charge is 2.34. The zero-order chi connectivity index (χ0) is 28.2. The summed E-state index contributed by atoms with van der Waals surface area (Å²) in [5, 5.41) is 9.73. The van der Waals surface area contributed by atoms with Crippen molar-refractivity contribution in [3.8, 4) is 11.1 Å². The average molecular weight is 550 g/mol. The van der Waals surface area contributed by atoms with Crippen LogP contribution in [0.15, 0.2) is 73.1 Å². The molecule has 0 aliphatic carbocycles. The quantitative estimate of drug-likeness (QED) is 0.322. The third kappa shape index (κ3) is 6.07. The van der Waals surface area contributed by atoms with E-state index in [1.54, 1.807) is 23.4 Å². The molecule has 10 nitrogen and oxygen atoms in total. The highest BCUT2D eigenvalue weighted by atomic mass is 16.2. The minimum Gasteiger partial charge on any atom is -0.330 e. The topological polar surface area (TPSA) is 129 Å². The molecule has 0 saturated carbocycles. The van der Waals surface area contributed by atoms with Crippen LogP contribution in [0.4, 0.5) is 11.8 Å². The second-order valence-electron chi connectivity index (χ2n) is 10.4. The molecule has 6 rings (SSSR count). The van der Waals surface area contributed by atoms with Crippen LogP contribution in [0.2, 0.25) is 0 Å². The first kappa shape index (κ1) is 26.5. The second-order valence-corrected chi connectivity index (χ2v) is 10.4. The maximum absolute atomic E-state index is 13.1. The molecule has 3 amide bonds. The Kier molecular flexibility index (Phi) is 7.64. The van der Waals surface area contributed by atoms with Gasteiger partial charge in [0.15, 0.2) is 0 Å². The maximum Gasteiger partial charge on any atom is 0.248 e. The summed E-state index contributed by atoms with van der Waals surface area (Å²) in [7, 11) is 0. The van der Waals surface area contributed by atoms with Gasteiger partial charge in [-0.2, -0.15) is 0 Å². The van der Waals surface area contributed by atoms with E-state index in [-0.39, 0.29) is 36.1 Å². The number of anilines is 2. The molecule has 0 unspecified atom stereocenters. The molecule has 2 aliphatic rings. The summed E-state index contributed by atoms with van der Waals surface area (Å²) in [6, 6.07) is 18.3. The van der Waals surface area contributed by atoms with Crippen molar-refractivity contribution in [3.05, 3.63) is 78.6 Å². The smallest absolute Gasteiger partial charge is 0.248 e. The number of nitrogens with one attached hydrogen (secondary N) is 3. The van der Waals surface area contributed by atoms with Crippen molar-refractivity contribution in [2.45, 2.75) is 44.2 Å². The van der Waals surface area contributed by atoms with E-state index in [1.807, 2.05) is 54.6 Å². The average Bonchev–Trinajstić information content (AvgIpc) is 3.71. The molecular formula is C31H31N7O3. The van der Waals surface area contributed by atoms with Crippen LogP contribution in [0.1, 0.15) is 31.2 Å². The summed E-state index contributed by atoms with van der Waals surface area (Å²) < 4.78 is 0. The van der Waals surface area contributed by atoms with Gasteiger partial charge in [-0.1, -0.05) is 36.4 Å². The van der Waals surface area contributed by atoms with Gasteiger partial charge in [0.1, 0.15) is 11.9 Å². The predicted molar refractivity (Wildman–Crippen MR) is 156 cm³/mol. The number of rotatable bonds is 7. The zero-order valence-electron chi connectivity index (χ0n) is 22.5. The van der Waals surface area contributed by atoms with Gasteiger partial charge in [-0.05, 0) is 67.6 Å². The largest absolute Gasteiger partial charge is 0.330 e. The highest BCUT2D eigenvalue weighted by Crippen LogP contribution is 2.25. The molecule has 2 aromatic heterocycles. The van der Waals surface area contributed by atoms with Crippen LogP contribution >= 0.6 is 0 Å². The first-order valence-electron chi connectivity index (χ1n) is 14.0. The zero-order valence-corrected chi connectivity index (χ0v) is 22.5. The number of aromatic nitrogens is 3. The molecule has 2 atom stereocenters. The third-order valence-electron chi connectivity index (χ3n) is 7.61. The minimum absolute atomic E-state index is 0.0435. The molecule has 2 aromatic carbocycles. The van der Waals surface area contributed by atoms with E-state index in [9.17, 15) is 14.4 Å². The van der Waals surface area contributed by atoms with Crippen LogP contribution in [0.25, 0.3) is 22.0 Å². The van der Waals surface area contributed by atoms with Crippen molar-refractivity contribution in [1.29, 1.82) is 0 Å². The van der Waals surface area contributed by atoms with Crippen LogP contribution in [-0.2, 0) is 20.8 Å². The van der Waals surface area contributed by atoms with Crippen molar-refractivity contribution in [2.24, 2.45) is 0 Å². The van der Waals surface area contributed by atoms with E-state index in [0.717, 1.165) is 53.4 Å². The molecule has 0 spiro atoms. The standard InChI is InChI=1S/C31H31N7O3/c39-28(16-20-6-2-1-3-7-20)38-15-5-9-26(38)30(41)36-27-13-11-22-17-21(10-12-24(22)35-27)23-18-33-31(34-19-23)37-29(40)25-8-4-14-32-25/h1-3,6-7,10-13,17-19,25-26,32H,4-5,8-9,14-16H2,(H,35,36,41)(H,33,34,37,40)/t25-,26-/m0/s1. The summed E-state index contributed by atoms with van der Waals surface area (Å²) in [5.74, 6) is 0.337. The molecule has 41 heavy (non-hydrogen) atoms. The molecule has 3 N–H and O–H groups in total. The first-order valence-corrected chi connectivity index (χ1v) is 14.0. The number of hydrogen-bond acceptors (Lipinski definition) is 7. The van der Waals surface area contributed by atoms with Gasteiger partial charge in [0.25, 0.3) is 0 Å². The fourth-order valence-electron chi connectivity index (χ4n) is 5.44. The van der Waals surface area contributed by atoms with E-state index < -0.39 is 6.04 Å². The lowest BCUT2D eigenvalue weighted by molar-refractivity contribution is -0.136. The SMILES string of the molecule is O=C(Nc1ncc(-c2ccc3nc(NC(=O)[C@@H]4CCCN4C(=O)Cc4ccccc4)ccc3c2)cn1)[C@@H]1CCCN1. The van der Waals surface area contributed by atoms with E-state index >= 15 is 0 Å². The number of pyridine rings is 1. The lowest BCUT2D eigenvalue weighted by Gasteiger charge is -2.24. The Bertz CT molecular complexity index is 1570. The Balaban J connectivity index is 1.10. The maximum atomic E-state index is 13.1. The van der Waals surface area contributed by atoms with Crippen LogP contribution < -0.4 is 16.0 Å².